The van der Waals surface area contributed by atoms with Crippen molar-refractivity contribution < 1.29 is 30.0 Å². The van der Waals surface area contributed by atoms with Gasteiger partial charge in [0.1, 0.15) is 5.76 Å². The average Bonchev–Trinajstić information content (AvgIpc) is 3.56. The van der Waals surface area contributed by atoms with Crippen LogP contribution in [0.3, 0.4) is 0 Å². The third kappa shape index (κ3) is 8.90. The third-order valence-electron chi connectivity index (χ3n) is 12.5. The minimum Gasteiger partial charge on any atom is -0.512 e. The molecule has 0 bridgehead atoms. The van der Waals surface area contributed by atoms with Gasteiger partial charge in [0.05, 0.1) is 0 Å². The predicted octanol–water partition coefficient (Wildman–Crippen LogP) is 12.3. The van der Waals surface area contributed by atoms with E-state index in [0.717, 1.165) is 42.3 Å². The molecule has 1 radical (unpaired) electrons. The number of hydrogen-bond acceptors (Lipinski definition) is 4. The van der Waals surface area contributed by atoms with Gasteiger partial charge in [0.15, 0.2) is 13.9 Å². The minimum atomic E-state index is -2.23. The first-order valence-electron chi connectivity index (χ1n) is 20.0. The number of carbonyl (C=O) groups is 1. The molecule has 6 heteroatoms. The van der Waals surface area contributed by atoms with Crippen molar-refractivity contribution in [2.75, 3.05) is 0 Å². The van der Waals surface area contributed by atoms with Crippen molar-refractivity contribution in [2.45, 2.75) is 107 Å². The number of fused-ring (bicyclic) bond motifs is 2. The molecule has 0 saturated heterocycles. The average molecular weight is 959 g/mol. The molecule has 0 aliphatic carbocycles. The SMILES string of the molecule is CCC(C)(CC)C(=O)/C=C(\O)C(C)(CC)CC.Cc1c([Si](C)(c2ccccc2)c2ccccc2)sc2c(-c3[c-]c4ccccc4c(C(C)(C)C)c3)nccc12.[Ir]. The maximum atomic E-state index is 12.2. The van der Waals surface area contributed by atoms with Gasteiger partial charge in [-0.25, -0.2) is 0 Å². The molecule has 4 aromatic carbocycles. The smallest absolute Gasteiger partial charge is 0.164 e. The number of aliphatic hydroxyl groups excluding tert-OH is 1. The van der Waals surface area contributed by atoms with Crippen LogP contribution >= 0.6 is 11.3 Å². The van der Waals surface area contributed by atoms with Crippen LogP contribution in [0.4, 0.5) is 0 Å². The van der Waals surface area contributed by atoms with E-state index in [9.17, 15) is 9.90 Å². The van der Waals surface area contributed by atoms with Crippen molar-refractivity contribution in [3.63, 3.8) is 0 Å². The zero-order chi connectivity index (χ0) is 40.2. The molecule has 0 saturated carbocycles. The van der Waals surface area contributed by atoms with E-state index in [1.807, 2.05) is 59.1 Å². The van der Waals surface area contributed by atoms with Crippen molar-refractivity contribution in [1.82, 2.24) is 4.98 Å². The largest absolute Gasteiger partial charge is 0.512 e. The zero-order valence-corrected chi connectivity index (χ0v) is 39.5. The number of benzene rings is 4. The molecular weight excluding hydrogens is 899 g/mol. The molecule has 0 atom stereocenters. The zero-order valence-electron chi connectivity index (χ0n) is 35.3. The van der Waals surface area contributed by atoms with Crippen LogP contribution in [0.25, 0.3) is 32.1 Å². The van der Waals surface area contributed by atoms with E-state index >= 15 is 0 Å². The standard InChI is InChI=1S/C35H32NSSi.C15H28O2.Ir/c1-24-29-20-21-36-32(26-22-25-14-12-13-19-30(25)31(23-26)35(2,3)4)33(29)37-34(24)38(5,27-15-8-6-9-16-27)28-17-10-7-11-18-28;1-7-14(5,8-2)12(16)11-13(17)15(6,9-3)10-4;/h6-21,23H,1-5H3;11,16H,7-10H2,1-6H3;/q-1;;/b;12-11-;. The molecule has 0 amide bonds. The molecule has 1 N–H and O–H groups in total. The van der Waals surface area contributed by atoms with E-state index in [2.05, 4.69) is 137 Å². The molecule has 297 valence electrons. The van der Waals surface area contributed by atoms with Crippen LogP contribution in [0.15, 0.2) is 115 Å². The fourth-order valence-electron chi connectivity index (χ4n) is 7.45. The van der Waals surface area contributed by atoms with Crippen LogP contribution in [0.5, 0.6) is 0 Å². The Morgan fingerprint density at radius 3 is 1.80 bits per heavy atom. The number of allylic oxidation sites excluding steroid dienone is 2. The number of aryl methyl sites for hydroxylation is 1. The normalized spacial score (nSPS) is 12.6. The summed E-state index contributed by atoms with van der Waals surface area (Å²) in [5, 5.41) is 16.7. The summed E-state index contributed by atoms with van der Waals surface area (Å²) in [5.41, 5.74) is 4.24. The fourth-order valence-corrected chi connectivity index (χ4v) is 13.8. The van der Waals surface area contributed by atoms with E-state index in [-0.39, 0.29) is 47.9 Å². The van der Waals surface area contributed by atoms with E-state index in [1.165, 1.54) is 47.5 Å². The number of aromatic nitrogens is 1. The Hall–Kier alpha value is -3.67. The summed E-state index contributed by atoms with van der Waals surface area (Å²) in [7, 11) is -2.23. The second-order valence-corrected chi connectivity index (χ2v) is 22.1. The van der Waals surface area contributed by atoms with Crippen molar-refractivity contribution in [3.05, 3.63) is 132 Å². The van der Waals surface area contributed by atoms with Gasteiger partial charge in [-0.15, -0.1) is 40.5 Å². The van der Waals surface area contributed by atoms with Crippen LogP contribution in [-0.2, 0) is 30.3 Å². The quantitative estimate of drug-likeness (QED) is 0.0609. The summed E-state index contributed by atoms with van der Waals surface area (Å²) in [6.07, 6.45) is 6.73. The first-order chi connectivity index (χ1) is 26.1. The fraction of sp³-hybridized carbons (Fsp3) is 0.360. The number of rotatable bonds is 11. The maximum absolute atomic E-state index is 12.2. The number of pyridine rings is 1. The summed E-state index contributed by atoms with van der Waals surface area (Å²) in [6.45, 7) is 23.8. The molecule has 0 aliphatic heterocycles. The molecule has 0 aliphatic rings. The monoisotopic (exact) mass is 959 g/mol. The van der Waals surface area contributed by atoms with Gasteiger partial charge < -0.3 is 5.11 Å². The summed E-state index contributed by atoms with van der Waals surface area (Å²) in [5.74, 6) is 0.286. The molecule has 0 unspecified atom stereocenters. The van der Waals surface area contributed by atoms with Crippen LogP contribution in [0.2, 0.25) is 6.55 Å². The van der Waals surface area contributed by atoms with Crippen molar-refractivity contribution in [1.29, 1.82) is 0 Å². The second-order valence-electron chi connectivity index (χ2n) is 16.8. The van der Waals surface area contributed by atoms with Gasteiger partial charge in [-0.1, -0.05) is 159 Å². The van der Waals surface area contributed by atoms with Gasteiger partial charge in [0, 0.05) is 58.1 Å². The Bertz CT molecular complexity index is 2240. The van der Waals surface area contributed by atoms with E-state index in [1.54, 1.807) is 0 Å². The van der Waals surface area contributed by atoms with Gasteiger partial charge in [-0.2, -0.15) is 0 Å². The van der Waals surface area contributed by atoms with Gasteiger partial charge >= 0.3 is 0 Å². The summed E-state index contributed by atoms with van der Waals surface area (Å²) in [6, 6.07) is 39.1. The van der Waals surface area contributed by atoms with Gasteiger partial charge in [0.25, 0.3) is 0 Å². The van der Waals surface area contributed by atoms with Gasteiger partial charge in [-0.05, 0) is 65.4 Å². The van der Waals surface area contributed by atoms with Crippen molar-refractivity contribution in [2.24, 2.45) is 10.8 Å². The minimum absolute atomic E-state index is 0. The Labute approximate surface area is 355 Å². The van der Waals surface area contributed by atoms with Crippen molar-refractivity contribution >= 4 is 60.9 Å². The molecule has 2 aromatic heterocycles. The van der Waals surface area contributed by atoms with E-state index in [0.29, 0.717) is 0 Å². The summed E-state index contributed by atoms with van der Waals surface area (Å²) >= 11 is 1.94. The molecule has 2 heterocycles. The molecular formula is C50H60IrNO2SSi-. The van der Waals surface area contributed by atoms with Gasteiger partial charge in [-0.3, -0.25) is 9.78 Å². The van der Waals surface area contributed by atoms with Crippen LogP contribution < -0.4 is 14.9 Å². The number of thiophene rings is 1. The van der Waals surface area contributed by atoms with Crippen LogP contribution in [0.1, 0.15) is 99.1 Å². The molecule has 6 rings (SSSR count). The Morgan fingerprint density at radius 1 is 0.768 bits per heavy atom. The Morgan fingerprint density at radius 2 is 1.29 bits per heavy atom. The van der Waals surface area contributed by atoms with Crippen molar-refractivity contribution in [3.8, 4) is 11.3 Å². The number of aliphatic hydroxyl groups is 1. The van der Waals surface area contributed by atoms with Crippen LogP contribution in [-0.4, -0.2) is 23.9 Å². The second kappa shape index (κ2) is 18.3. The molecule has 0 spiro atoms. The Balaban J connectivity index is 0.000000330. The predicted molar refractivity (Wildman–Crippen MR) is 241 cm³/mol. The van der Waals surface area contributed by atoms with Gasteiger partial charge in [0.2, 0.25) is 0 Å². The number of nitrogens with zero attached hydrogens (tertiary/aromatic N) is 1. The number of carbonyl (C=O) groups excluding carboxylic acids is 1. The third-order valence-corrected chi connectivity index (χ3v) is 19.4. The summed E-state index contributed by atoms with van der Waals surface area (Å²) in [4.78, 5) is 17.2. The number of ketones is 1. The first-order valence-corrected chi connectivity index (χ1v) is 23.3. The first kappa shape index (κ1) is 45.0. The van der Waals surface area contributed by atoms with E-state index < -0.39 is 8.07 Å². The molecule has 6 aromatic rings. The molecule has 3 nitrogen and oxygen atoms in total. The van der Waals surface area contributed by atoms with E-state index in [4.69, 9.17) is 4.98 Å². The molecule has 56 heavy (non-hydrogen) atoms. The topological polar surface area (TPSA) is 50.2 Å². The Kier molecular flexibility index (Phi) is 14.7. The summed E-state index contributed by atoms with van der Waals surface area (Å²) < 4.78 is 2.76. The molecule has 0 fully saturated rings. The van der Waals surface area contributed by atoms with Crippen LogP contribution in [0, 0.1) is 23.8 Å². The maximum Gasteiger partial charge on any atom is 0.164 e. The number of hydrogen-bond donors (Lipinski definition) is 1.